The molecular weight excluding hydrogens is 332 g/mol. The molecule has 3 rings (SSSR count). The molecule has 0 bridgehead atoms. The van der Waals surface area contributed by atoms with Gasteiger partial charge in [0.05, 0.1) is 12.8 Å². The van der Waals surface area contributed by atoms with Crippen molar-refractivity contribution in [1.29, 1.82) is 0 Å². The Labute approximate surface area is 153 Å². The molecule has 0 atom stereocenters. The molecule has 1 aromatic carbocycles. The van der Waals surface area contributed by atoms with E-state index in [1.165, 1.54) is 6.26 Å². The van der Waals surface area contributed by atoms with Crippen molar-refractivity contribution in [2.75, 3.05) is 57.0 Å². The summed E-state index contributed by atoms with van der Waals surface area (Å²) in [5, 5.41) is 3.16. The largest absolute Gasteiger partial charge is 0.459 e. The van der Waals surface area contributed by atoms with Crippen LogP contribution in [0.2, 0.25) is 0 Å². The normalized spacial score (nSPS) is 14.2. The lowest BCUT2D eigenvalue weighted by atomic mass is 10.2. The first-order chi connectivity index (χ1) is 12.5. The van der Waals surface area contributed by atoms with Crippen molar-refractivity contribution in [2.45, 2.75) is 0 Å². The number of nitrogens with one attached hydrogen (secondary N) is 1. The Bertz CT molecular complexity index is 733. The predicted molar refractivity (Wildman–Crippen MR) is 100 cm³/mol. The maximum atomic E-state index is 12.4. The van der Waals surface area contributed by atoms with Crippen molar-refractivity contribution in [3.63, 3.8) is 0 Å². The maximum Gasteiger partial charge on any atom is 0.289 e. The van der Waals surface area contributed by atoms with E-state index < -0.39 is 0 Å². The minimum Gasteiger partial charge on any atom is -0.459 e. The lowest BCUT2D eigenvalue weighted by Crippen LogP contribution is -2.51. The Morgan fingerprint density at radius 2 is 1.69 bits per heavy atom. The van der Waals surface area contributed by atoms with E-state index in [0.717, 1.165) is 11.4 Å². The average molecular weight is 356 g/mol. The molecule has 1 fully saturated rings. The summed E-state index contributed by atoms with van der Waals surface area (Å²) in [6.45, 7) is 2.35. The van der Waals surface area contributed by atoms with Gasteiger partial charge in [0.2, 0.25) is 5.91 Å². The lowest BCUT2D eigenvalue weighted by Gasteiger charge is -2.34. The van der Waals surface area contributed by atoms with Crippen LogP contribution in [-0.4, -0.2) is 68.4 Å². The van der Waals surface area contributed by atoms with Crippen LogP contribution >= 0.6 is 0 Å². The van der Waals surface area contributed by atoms with Crippen molar-refractivity contribution in [3.05, 3.63) is 48.4 Å². The van der Waals surface area contributed by atoms with Crippen LogP contribution in [0.5, 0.6) is 0 Å². The molecule has 1 aliphatic heterocycles. The fraction of sp³-hybridized carbons (Fsp3) is 0.368. The topological polar surface area (TPSA) is 69.0 Å². The van der Waals surface area contributed by atoms with Gasteiger partial charge in [-0.15, -0.1) is 0 Å². The van der Waals surface area contributed by atoms with Gasteiger partial charge in [0.15, 0.2) is 5.76 Å². The van der Waals surface area contributed by atoms with Gasteiger partial charge in [0, 0.05) is 51.6 Å². The first kappa shape index (κ1) is 17.8. The monoisotopic (exact) mass is 356 g/mol. The Morgan fingerprint density at radius 3 is 2.27 bits per heavy atom. The lowest BCUT2D eigenvalue weighted by molar-refractivity contribution is -0.130. The summed E-state index contributed by atoms with van der Waals surface area (Å²) in [4.78, 5) is 30.2. The molecule has 1 saturated heterocycles. The molecule has 2 aromatic rings. The number of hydrogen-bond acceptors (Lipinski definition) is 5. The van der Waals surface area contributed by atoms with Gasteiger partial charge >= 0.3 is 0 Å². The number of piperazine rings is 1. The number of anilines is 2. The van der Waals surface area contributed by atoms with Crippen LogP contribution < -0.4 is 10.2 Å². The van der Waals surface area contributed by atoms with E-state index in [2.05, 4.69) is 5.32 Å². The summed E-state index contributed by atoms with van der Waals surface area (Å²) in [6.07, 6.45) is 1.49. The summed E-state index contributed by atoms with van der Waals surface area (Å²) in [6, 6.07) is 11.3. The Balaban J connectivity index is 1.45. The van der Waals surface area contributed by atoms with Crippen LogP contribution in [0, 0.1) is 0 Å². The molecule has 1 aromatic heterocycles. The third-order valence-electron chi connectivity index (χ3n) is 4.48. The third-order valence-corrected chi connectivity index (χ3v) is 4.48. The van der Waals surface area contributed by atoms with Crippen molar-refractivity contribution < 1.29 is 14.0 Å². The Kier molecular flexibility index (Phi) is 5.46. The second-order valence-electron chi connectivity index (χ2n) is 6.45. The standard InChI is InChI=1S/C19H24N4O3/c1-21(2)16-7-5-15(6-8-16)20-14-18(24)22-9-11-23(12-10-22)19(25)17-4-3-13-26-17/h3-8,13,20H,9-12,14H2,1-2H3. The van der Waals surface area contributed by atoms with E-state index in [9.17, 15) is 9.59 Å². The number of furan rings is 1. The second kappa shape index (κ2) is 7.95. The molecule has 1 N–H and O–H groups in total. The van der Waals surface area contributed by atoms with E-state index in [1.807, 2.05) is 43.3 Å². The first-order valence-corrected chi connectivity index (χ1v) is 8.66. The van der Waals surface area contributed by atoms with E-state index in [1.54, 1.807) is 21.9 Å². The van der Waals surface area contributed by atoms with Gasteiger partial charge in [-0.05, 0) is 36.4 Å². The van der Waals surface area contributed by atoms with Crippen molar-refractivity contribution >= 4 is 23.2 Å². The second-order valence-corrected chi connectivity index (χ2v) is 6.45. The van der Waals surface area contributed by atoms with Gasteiger partial charge in [-0.25, -0.2) is 0 Å². The maximum absolute atomic E-state index is 12.4. The average Bonchev–Trinajstić information content (AvgIpc) is 3.20. The number of hydrogen-bond donors (Lipinski definition) is 1. The smallest absolute Gasteiger partial charge is 0.289 e. The molecule has 2 heterocycles. The molecule has 0 spiro atoms. The Morgan fingerprint density at radius 1 is 1.04 bits per heavy atom. The molecule has 0 unspecified atom stereocenters. The summed E-state index contributed by atoms with van der Waals surface area (Å²) in [5.74, 6) is 0.251. The highest BCUT2D eigenvalue weighted by molar-refractivity contribution is 5.91. The zero-order valence-electron chi connectivity index (χ0n) is 15.1. The van der Waals surface area contributed by atoms with Crippen LogP contribution in [-0.2, 0) is 4.79 Å². The minimum atomic E-state index is -0.124. The van der Waals surface area contributed by atoms with E-state index >= 15 is 0 Å². The molecule has 26 heavy (non-hydrogen) atoms. The number of amides is 2. The summed E-state index contributed by atoms with van der Waals surface area (Å²) >= 11 is 0. The van der Waals surface area contributed by atoms with Crippen LogP contribution in [0.4, 0.5) is 11.4 Å². The molecule has 0 saturated carbocycles. The molecule has 1 aliphatic rings. The molecule has 7 heteroatoms. The minimum absolute atomic E-state index is 0.0341. The first-order valence-electron chi connectivity index (χ1n) is 8.66. The zero-order chi connectivity index (χ0) is 18.5. The van der Waals surface area contributed by atoms with Gasteiger partial charge < -0.3 is 24.4 Å². The highest BCUT2D eigenvalue weighted by atomic mass is 16.3. The number of benzene rings is 1. The Hall–Kier alpha value is -2.96. The van der Waals surface area contributed by atoms with Crippen LogP contribution in [0.3, 0.4) is 0 Å². The molecule has 138 valence electrons. The number of carbonyl (C=O) groups is 2. The summed E-state index contributed by atoms with van der Waals surface area (Å²) < 4.78 is 5.15. The van der Waals surface area contributed by atoms with Gasteiger partial charge in [0.25, 0.3) is 5.91 Å². The fourth-order valence-corrected chi connectivity index (χ4v) is 2.88. The van der Waals surface area contributed by atoms with Crippen LogP contribution in [0.1, 0.15) is 10.6 Å². The van der Waals surface area contributed by atoms with Crippen molar-refractivity contribution in [3.8, 4) is 0 Å². The molecule has 0 radical (unpaired) electrons. The van der Waals surface area contributed by atoms with Crippen molar-refractivity contribution in [1.82, 2.24) is 9.80 Å². The van der Waals surface area contributed by atoms with Gasteiger partial charge in [-0.2, -0.15) is 0 Å². The van der Waals surface area contributed by atoms with Crippen LogP contribution in [0.25, 0.3) is 0 Å². The van der Waals surface area contributed by atoms with E-state index in [4.69, 9.17) is 4.42 Å². The van der Waals surface area contributed by atoms with Gasteiger partial charge in [-0.3, -0.25) is 9.59 Å². The highest BCUT2D eigenvalue weighted by Crippen LogP contribution is 2.15. The quantitative estimate of drug-likeness (QED) is 0.884. The van der Waals surface area contributed by atoms with Gasteiger partial charge in [-0.1, -0.05) is 0 Å². The number of nitrogens with zero attached hydrogens (tertiary/aromatic N) is 3. The molecular formula is C19H24N4O3. The number of rotatable bonds is 5. The SMILES string of the molecule is CN(C)c1ccc(NCC(=O)N2CCN(C(=O)c3ccco3)CC2)cc1. The third kappa shape index (κ3) is 4.17. The molecule has 0 aliphatic carbocycles. The number of carbonyl (C=O) groups excluding carboxylic acids is 2. The zero-order valence-corrected chi connectivity index (χ0v) is 15.1. The summed E-state index contributed by atoms with van der Waals surface area (Å²) in [7, 11) is 3.98. The predicted octanol–water partition coefficient (Wildman–Crippen LogP) is 1.74. The van der Waals surface area contributed by atoms with E-state index in [0.29, 0.717) is 31.9 Å². The van der Waals surface area contributed by atoms with Crippen molar-refractivity contribution in [2.24, 2.45) is 0 Å². The highest BCUT2D eigenvalue weighted by Gasteiger charge is 2.25. The van der Waals surface area contributed by atoms with Crippen LogP contribution in [0.15, 0.2) is 47.1 Å². The van der Waals surface area contributed by atoms with E-state index in [-0.39, 0.29) is 18.4 Å². The summed E-state index contributed by atoms with van der Waals surface area (Å²) in [5.41, 5.74) is 2.02. The molecule has 2 amide bonds. The molecule has 7 nitrogen and oxygen atoms in total. The van der Waals surface area contributed by atoms with Gasteiger partial charge in [0.1, 0.15) is 0 Å². The fourth-order valence-electron chi connectivity index (χ4n) is 2.88.